The van der Waals surface area contributed by atoms with Crippen molar-refractivity contribution in [1.29, 1.82) is 0 Å². The molecule has 0 aromatic heterocycles. The first-order valence-corrected chi connectivity index (χ1v) is 10.6. The minimum Gasteiger partial charge on any atom is -0.492 e. The lowest BCUT2D eigenvalue weighted by Crippen LogP contribution is -2.45. The van der Waals surface area contributed by atoms with Gasteiger partial charge in [-0.05, 0) is 50.9 Å². The zero-order valence-corrected chi connectivity index (χ0v) is 17.7. The second kappa shape index (κ2) is 10.8. The van der Waals surface area contributed by atoms with E-state index in [1.54, 1.807) is 0 Å². The van der Waals surface area contributed by atoms with Gasteiger partial charge in [0.25, 0.3) is 0 Å². The van der Waals surface area contributed by atoms with Crippen LogP contribution in [-0.2, 0) is 14.3 Å². The van der Waals surface area contributed by atoms with Gasteiger partial charge in [-0.3, -0.25) is 14.5 Å². The molecule has 160 valence electrons. The lowest BCUT2D eigenvalue weighted by Gasteiger charge is -2.37. The van der Waals surface area contributed by atoms with Crippen LogP contribution in [0.25, 0.3) is 0 Å². The molecule has 6 nitrogen and oxygen atoms in total. The third kappa shape index (κ3) is 5.39. The normalized spacial score (nSPS) is 17.7. The van der Waals surface area contributed by atoms with E-state index in [1.807, 2.05) is 68.4 Å². The van der Waals surface area contributed by atoms with Gasteiger partial charge in [-0.1, -0.05) is 42.5 Å². The number of para-hydroxylation sites is 2. The molecule has 2 aromatic carbocycles. The highest BCUT2D eigenvalue weighted by Gasteiger charge is 2.35. The van der Waals surface area contributed by atoms with Gasteiger partial charge in [-0.25, -0.2) is 0 Å². The third-order valence-corrected chi connectivity index (χ3v) is 5.25. The second-order valence-corrected chi connectivity index (χ2v) is 7.32. The minimum absolute atomic E-state index is 0.141. The number of rotatable bonds is 8. The number of carbonyl (C=O) groups excluding carboxylic acids is 2. The Bertz CT molecular complexity index is 840. The Morgan fingerprint density at radius 1 is 1.07 bits per heavy atom. The van der Waals surface area contributed by atoms with Crippen molar-refractivity contribution in [2.45, 2.75) is 32.7 Å². The molecule has 0 aliphatic carbocycles. The molecule has 6 heteroatoms. The molecule has 0 spiro atoms. The Hall–Kier alpha value is -2.86. The number of carbonyl (C=O) groups is 2. The summed E-state index contributed by atoms with van der Waals surface area (Å²) in [5.74, 6) is 0.102. The largest absolute Gasteiger partial charge is 0.492 e. The van der Waals surface area contributed by atoms with Crippen LogP contribution in [0.15, 0.2) is 54.6 Å². The SMILES string of the molecule is CCOC(=O)C1CCCN(C(C(=O)Nc2ccccc2OCC)c2ccccc2)C1. The van der Waals surface area contributed by atoms with Gasteiger partial charge in [-0.15, -0.1) is 0 Å². The van der Waals surface area contributed by atoms with Crippen LogP contribution < -0.4 is 10.1 Å². The highest BCUT2D eigenvalue weighted by molar-refractivity contribution is 5.96. The molecule has 2 atom stereocenters. The summed E-state index contributed by atoms with van der Waals surface area (Å²) in [4.78, 5) is 27.8. The second-order valence-electron chi connectivity index (χ2n) is 7.32. The molecule has 0 bridgehead atoms. The van der Waals surface area contributed by atoms with E-state index in [4.69, 9.17) is 9.47 Å². The van der Waals surface area contributed by atoms with E-state index < -0.39 is 6.04 Å². The summed E-state index contributed by atoms with van der Waals surface area (Å²) in [5.41, 5.74) is 1.54. The van der Waals surface area contributed by atoms with Crippen molar-refractivity contribution >= 4 is 17.6 Å². The summed E-state index contributed by atoms with van der Waals surface area (Å²) in [5, 5.41) is 3.04. The molecule has 1 aliphatic rings. The van der Waals surface area contributed by atoms with Crippen LogP contribution in [-0.4, -0.2) is 43.1 Å². The van der Waals surface area contributed by atoms with Crippen molar-refractivity contribution < 1.29 is 19.1 Å². The topological polar surface area (TPSA) is 67.9 Å². The van der Waals surface area contributed by atoms with E-state index in [1.165, 1.54) is 0 Å². The molecule has 1 fully saturated rings. The molecule has 0 saturated carbocycles. The lowest BCUT2D eigenvalue weighted by atomic mass is 9.94. The molecule has 1 amide bonds. The van der Waals surface area contributed by atoms with Gasteiger partial charge in [0.15, 0.2) is 0 Å². The number of likely N-dealkylation sites (tertiary alicyclic amines) is 1. The monoisotopic (exact) mass is 410 g/mol. The van der Waals surface area contributed by atoms with Gasteiger partial charge in [-0.2, -0.15) is 0 Å². The first-order valence-electron chi connectivity index (χ1n) is 10.6. The maximum atomic E-state index is 13.4. The van der Waals surface area contributed by atoms with E-state index in [2.05, 4.69) is 10.2 Å². The average molecular weight is 411 g/mol. The van der Waals surface area contributed by atoms with Gasteiger partial charge in [0.1, 0.15) is 11.8 Å². The summed E-state index contributed by atoms with van der Waals surface area (Å²) in [6.07, 6.45) is 1.63. The standard InChI is InChI=1S/C24H30N2O4/c1-3-29-21-15-9-8-14-20(21)25-23(27)22(18-11-6-5-7-12-18)26-16-10-13-19(17-26)24(28)30-4-2/h5-9,11-12,14-15,19,22H,3-4,10,13,16-17H2,1-2H3,(H,25,27). The number of ether oxygens (including phenoxy) is 2. The molecule has 1 heterocycles. The Labute approximate surface area is 178 Å². The quantitative estimate of drug-likeness (QED) is 0.665. The van der Waals surface area contributed by atoms with Crippen molar-refractivity contribution in [1.82, 2.24) is 4.90 Å². The van der Waals surface area contributed by atoms with Gasteiger partial charge < -0.3 is 14.8 Å². The van der Waals surface area contributed by atoms with Crippen LogP contribution >= 0.6 is 0 Å². The zero-order chi connectivity index (χ0) is 21.3. The predicted octanol–water partition coefficient (Wildman–Crippen LogP) is 4.04. The first kappa shape index (κ1) is 21.8. The summed E-state index contributed by atoms with van der Waals surface area (Å²) in [6.45, 7) is 5.85. The van der Waals surface area contributed by atoms with Gasteiger partial charge in [0.05, 0.1) is 24.8 Å². The number of piperidine rings is 1. The maximum absolute atomic E-state index is 13.4. The molecule has 2 unspecified atom stereocenters. The van der Waals surface area contributed by atoms with Gasteiger partial charge in [0, 0.05) is 6.54 Å². The molecule has 3 rings (SSSR count). The van der Waals surface area contributed by atoms with E-state index >= 15 is 0 Å². The van der Waals surface area contributed by atoms with Crippen molar-refractivity contribution in [2.75, 3.05) is 31.6 Å². The number of esters is 1. The fourth-order valence-corrected chi connectivity index (χ4v) is 3.91. The number of benzene rings is 2. The number of nitrogens with zero attached hydrogens (tertiary/aromatic N) is 1. The van der Waals surface area contributed by atoms with Crippen LogP contribution in [0.1, 0.15) is 38.3 Å². The Kier molecular flexibility index (Phi) is 7.85. The van der Waals surface area contributed by atoms with Crippen molar-refractivity contribution in [2.24, 2.45) is 5.92 Å². The maximum Gasteiger partial charge on any atom is 0.310 e. The number of hydrogen-bond acceptors (Lipinski definition) is 5. The van der Waals surface area contributed by atoms with Gasteiger partial charge in [0.2, 0.25) is 5.91 Å². The zero-order valence-electron chi connectivity index (χ0n) is 17.7. The predicted molar refractivity (Wildman–Crippen MR) is 116 cm³/mol. The Balaban J connectivity index is 1.85. The first-order chi connectivity index (χ1) is 14.6. The van der Waals surface area contributed by atoms with E-state index in [-0.39, 0.29) is 17.8 Å². The fourth-order valence-electron chi connectivity index (χ4n) is 3.91. The molecule has 1 aliphatic heterocycles. The summed E-state index contributed by atoms with van der Waals surface area (Å²) in [7, 11) is 0. The summed E-state index contributed by atoms with van der Waals surface area (Å²) < 4.78 is 10.9. The highest BCUT2D eigenvalue weighted by Crippen LogP contribution is 2.31. The van der Waals surface area contributed by atoms with Crippen LogP contribution in [0.3, 0.4) is 0 Å². The number of anilines is 1. The van der Waals surface area contributed by atoms with Crippen LogP contribution in [0.4, 0.5) is 5.69 Å². The van der Waals surface area contributed by atoms with Crippen molar-refractivity contribution in [3.8, 4) is 5.75 Å². The molecular weight excluding hydrogens is 380 g/mol. The number of hydrogen-bond donors (Lipinski definition) is 1. The number of nitrogens with one attached hydrogen (secondary N) is 1. The lowest BCUT2D eigenvalue weighted by molar-refractivity contribution is -0.151. The van der Waals surface area contributed by atoms with E-state index in [0.29, 0.717) is 31.2 Å². The molecular formula is C24H30N2O4. The van der Waals surface area contributed by atoms with Crippen LogP contribution in [0, 0.1) is 5.92 Å². The number of amides is 1. The highest BCUT2D eigenvalue weighted by atomic mass is 16.5. The summed E-state index contributed by atoms with van der Waals surface area (Å²) >= 11 is 0. The molecule has 30 heavy (non-hydrogen) atoms. The molecule has 1 saturated heterocycles. The summed E-state index contributed by atoms with van der Waals surface area (Å²) in [6, 6.07) is 16.6. The third-order valence-electron chi connectivity index (χ3n) is 5.25. The smallest absolute Gasteiger partial charge is 0.310 e. The van der Waals surface area contributed by atoms with Crippen LogP contribution in [0.5, 0.6) is 5.75 Å². The molecule has 1 N–H and O–H groups in total. The Morgan fingerprint density at radius 3 is 2.53 bits per heavy atom. The average Bonchev–Trinajstić information content (AvgIpc) is 2.77. The van der Waals surface area contributed by atoms with Crippen LogP contribution in [0.2, 0.25) is 0 Å². The molecule has 2 aromatic rings. The fraction of sp³-hybridized carbons (Fsp3) is 0.417. The Morgan fingerprint density at radius 2 is 1.80 bits per heavy atom. The van der Waals surface area contributed by atoms with Crippen molar-refractivity contribution in [3.63, 3.8) is 0 Å². The van der Waals surface area contributed by atoms with E-state index in [0.717, 1.165) is 24.9 Å². The van der Waals surface area contributed by atoms with Crippen molar-refractivity contribution in [3.05, 3.63) is 60.2 Å². The minimum atomic E-state index is -0.502. The molecule has 0 radical (unpaired) electrons. The van der Waals surface area contributed by atoms with Gasteiger partial charge >= 0.3 is 5.97 Å². The van der Waals surface area contributed by atoms with E-state index in [9.17, 15) is 9.59 Å².